The van der Waals surface area contributed by atoms with Crippen molar-refractivity contribution in [2.75, 3.05) is 7.05 Å². The topological polar surface area (TPSA) is 138 Å². The van der Waals surface area contributed by atoms with E-state index in [4.69, 9.17) is 27.5 Å². The van der Waals surface area contributed by atoms with E-state index in [0.717, 1.165) is 4.90 Å². The molecular weight excluding hydrogens is 374 g/mol. The maximum atomic E-state index is 12.3. The Bertz CT molecular complexity index is 1060. The molecule has 0 aliphatic heterocycles. The Morgan fingerprint density at radius 2 is 1.93 bits per heavy atom. The summed E-state index contributed by atoms with van der Waals surface area (Å²) < 4.78 is 5.68. The third-order valence-corrected chi connectivity index (χ3v) is 4.15. The first kappa shape index (κ1) is 18.2. The Morgan fingerprint density at radius 3 is 2.52 bits per heavy atom. The molecule has 0 saturated carbocycles. The second-order valence-corrected chi connectivity index (χ2v) is 6.06. The minimum atomic E-state index is -0.498. The van der Waals surface area contributed by atoms with Crippen molar-refractivity contribution in [1.82, 2.24) is 9.88 Å². The summed E-state index contributed by atoms with van der Waals surface area (Å²) in [6.07, 6.45) is 0. The highest BCUT2D eigenvalue weighted by Crippen LogP contribution is 2.32. The number of halogens is 1. The number of nitrogens with two attached hydrogens (primary N) is 1. The Kier molecular flexibility index (Phi) is 4.70. The predicted octanol–water partition coefficient (Wildman–Crippen LogP) is 3.49. The minimum Gasteiger partial charge on any atom is -0.457 e. The van der Waals surface area contributed by atoms with Gasteiger partial charge in [0.1, 0.15) is 17.2 Å². The number of hydrogen-bond donors (Lipinski definition) is 3. The number of guanidine groups is 1. The van der Waals surface area contributed by atoms with Gasteiger partial charge in [0.05, 0.1) is 15.5 Å². The maximum absolute atomic E-state index is 12.3. The number of carbonyl (C=O) groups is 1. The SMILES string of the molecule is CN(C(=N)N)C(=O)c1cc2c(Cl)cc(Oc3ccc([N+](=O)[O-])cc3)cc2[nH]1. The molecule has 138 valence electrons. The molecule has 27 heavy (non-hydrogen) atoms. The molecule has 3 aromatic rings. The zero-order valence-corrected chi connectivity index (χ0v) is 14.8. The number of aromatic nitrogens is 1. The van der Waals surface area contributed by atoms with Crippen molar-refractivity contribution in [2.24, 2.45) is 5.73 Å². The molecule has 0 unspecified atom stereocenters. The van der Waals surface area contributed by atoms with Gasteiger partial charge in [-0.25, -0.2) is 0 Å². The number of H-pyrrole nitrogens is 1. The molecule has 0 radical (unpaired) electrons. The van der Waals surface area contributed by atoms with Crippen molar-refractivity contribution in [3.05, 3.63) is 63.3 Å². The van der Waals surface area contributed by atoms with E-state index in [-0.39, 0.29) is 17.3 Å². The van der Waals surface area contributed by atoms with E-state index < -0.39 is 10.8 Å². The molecule has 1 heterocycles. The molecule has 0 fully saturated rings. The van der Waals surface area contributed by atoms with Gasteiger partial charge in [-0.3, -0.25) is 25.2 Å². The van der Waals surface area contributed by atoms with Gasteiger partial charge >= 0.3 is 0 Å². The number of nitro groups is 1. The Balaban J connectivity index is 1.91. The van der Waals surface area contributed by atoms with Crippen LogP contribution in [0.25, 0.3) is 10.9 Å². The molecule has 2 aromatic carbocycles. The number of rotatable bonds is 4. The van der Waals surface area contributed by atoms with Crippen LogP contribution < -0.4 is 10.5 Å². The summed E-state index contributed by atoms with van der Waals surface area (Å²) in [7, 11) is 1.39. The number of nitrogens with one attached hydrogen (secondary N) is 2. The van der Waals surface area contributed by atoms with E-state index in [2.05, 4.69) is 4.98 Å². The van der Waals surface area contributed by atoms with Crippen molar-refractivity contribution in [1.29, 1.82) is 5.41 Å². The average molecular weight is 388 g/mol. The fourth-order valence-electron chi connectivity index (χ4n) is 2.40. The number of amides is 1. The van der Waals surface area contributed by atoms with Gasteiger partial charge in [0.2, 0.25) is 0 Å². The van der Waals surface area contributed by atoms with Gasteiger partial charge in [-0.2, -0.15) is 0 Å². The van der Waals surface area contributed by atoms with Crippen molar-refractivity contribution in [3.63, 3.8) is 0 Å². The highest BCUT2D eigenvalue weighted by molar-refractivity contribution is 6.35. The molecule has 9 nitrogen and oxygen atoms in total. The van der Waals surface area contributed by atoms with Gasteiger partial charge in [-0.1, -0.05) is 11.6 Å². The zero-order chi connectivity index (χ0) is 19.7. The number of fused-ring (bicyclic) bond motifs is 1. The number of hydrogen-bond acceptors (Lipinski definition) is 5. The smallest absolute Gasteiger partial charge is 0.276 e. The molecule has 4 N–H and O–H groups in total. The van der Waals surface area contributed by atoms with Crippen LogP contribution in [0.15, 0.2) is 42.5 Å². The molecule has 0 aliphatic rings. The summed E-state index contributed by atoms with van der Waals surface area (Å²) in [6.45, 7) is 0. The van der Waals surface area contributed by atoms with Crippen LogP contribution in [0.4, 0.5) is 5.69 Å². The fraction of sp³-hybridized carbons (Fsp3) is 0.0588. The van der Waals surface area contributed by atoms with Crippen molar-refractivity contribution < 1.29 is 14.5 Å². The Labute approximate surface area is 157 Å². The number of ether oxygens (including phenoxy) is 1. The molecule has 0 bridgehead atoms. The van der Waals surface area contributed by atoms with E-state index in [1.54, 1.807) is 18.2 Å². The van der Waals surface area contributed by atoms with Crippen LogP contribution in [0.1, 0.15) is 10.5 Å². The zero-order valence-electron chi connectivity index (χ0n) is 14.0. The van der Waals surface area contributed by atoms with Crippen LogP contribution in [0.3, 0.4) is 0 Å². The van der Waals surface area contributed by atoms with Gasteiger partial charge in [-0.05, 0) is 18.2 Å². The second-order valence-electron chi connectivity index (χ2n) is 5.65. The van der Waals surface area contributed by atoms with Crippen molar-refractivity contribution in [2.45, 2.75) is 0 Å². The quantitative estimate of drug-likeness (QED) is 0.272. The van der Waals surface area contributed by atoms with Crippen LogP contribution in [0.5, 0.6) is 11.5 Å². The van der Waals surface area contributed by atoms with Gasteiger partial charge in [0.15, 0.2) is 5.96 Å². The maximum Gasteiger partial charge on any atom is 0.276 e. The van der Waals surface area contributed by atoms with Crippen LogP contribution in [-0.4, -0.2) is 33.7 Å². The van der Waals surface area contributed by atoms with E-state index in [1.165, 1.54) is 31.3 Å². The molecule has 1 aromatic heterocycles. The summed E-state index contributed by atoms with van der Waals surface area (Å²) in [6, 6.07) is 10.4. The normalized spacial score (nSPS) is 10.6. The lowest BCUT2D eigenvalue weighted by Crippen LogP contribution is -2.38. The van der Waals surface area contributed by atoms with Crippen molar-refractivity contribution >= 4 is 40.1 Å². The first-order valence-corrected chi connectivity index (χ1v) is 8.00. The molecule has 0 saturated heterocycles. The number of nitrogens with zero attached hydrogens (tertiary/aromatic N) is 2. The predicted molar refractivity (Wildman–Crippen MR) is 100 cm³/mol. The standard InChI is InChI=1S/C17H14ClN5O4/c1-22(17(19)20)16(24)15-8-12-13(18)6-11(7-14(12)21-15)27-10-4-2-9(3-5-10)23(25)26/h2-8,21H,1H3,(H3,19,20). The molecule has 10 heteroatoms. The number of aromatic amines is 1. The average Bonchev–Trinajstić information content (AvgIpc) is 3.05. The summed E-state index contributed by atoms with van der Waals surface area (Å²) in [4.78, 5) is 26.4. The third-order valence-electron chi connectivity index (χ3n) is 3.84. The Morgan fingerprint density at radius 1 is 1.26 bits per heavy atom. The first-order valence-electron chi connectivity index (χ1n) is 7.63. The van der Waals surface area contributed by atoms with E-state index in [1.807, 2.05) is 0 Å². The lowest BCUT2D eigenvalue weighted by atomic mass is 10.2. The molecule has 1 amide bonds. The van der Waals surface area contributed by atoms with E-state index in [9.17, 15) is 14.9 Å². The van der Waals surface area contributed by atoms with Crippen LogP contribution in [0, 0.1) is 15.5 Å². The van der Waals surface area contributed by atoms with Crippen LogP contribution in [-0.2, 0) is 0 Å². The fourth-order valence-corrected chi connectivity index (χ4v) is 2.67. The third kappa shape index (κ3) is 3.67. The van der Waals surface area contributed by atoms with E-state index in [0.29, 0.717) is 27.4 Å². The van der Waals surface area contributed by atoms with Gasteiger partial charge in [0, 0.05) is 36.7 Å². The van der Waals surface area contributed by atoms with Gasteiger partial charge in [0.25, 0.3) is 11.6 Å². The van der Waals surface area contributed by atoms with Gasteiger partial charge < -0.3 is 15.5 Å². The lowest BCUT2D eigenvalue weighted by molar-refractivity contribution is -0.384. The largest absolute Gasteiger partial charge is 0.457 e. The van der Waals surface area contributed by atoms with Crippen LogP contribution >= 0.6 is 11.6 Å². The highest BCUT2D eigenvalue weighted by atomic mass is 35.5. The highest BCUT2D eigenvalue weighted by Gasteiger charge is 2.18. The molecule has 0 spiro atoms. The number of non-ortho nitro benzene ring substituents is 1. The molecular formula is C17H14ClN5O4. The van der Waals surface area contributed by atoms with Crippen molar-refractivity contribution in [3.8, 4) is 11.5 Å². The summed E-state index contributed by atoms with van der Waals surface area (Å²) >= 11 is 6.27. The number of carbonyl (C=O) groups excluding carboxylic acids is 1. The summed E-state index contributed by atoms with van der Waals surface area (Å²) in [5.41, 5.74) is 6.06. The molecule has 0 atom stereocenters. The molecule has 0 aliphatic carbocycles. The van der Waals surface area contributed by atoms with Crippen LogP contribution in [0.2, 0.25) is 5.02 Å². The Hall–Kier alpha value is -3.59. The van der Waals surface area contributed by atoms with Gasteiger partial charge in [-0.15, -0.1) is 0 Å². The summed E-state index contributed by atoms with van der Waals surface area (Å²) in [5.74, 6) is -0.0724. The second kappa shape index (κ2) is 6.96. The number of benzene rings is 2. The number of nitro benzene ring substituents is 1. The summed E-state index contributed by atoms with van der Waals surface area (Å²) in [5, 5.41) is 19.0. The molecule has 3 rings (SSSR count). The van der Waals surface area contributed by atoms with E-state index >= 15 is 0 Å². The monoisotopic (exact) mass is 387 g/mol. The minimum absolute atomic E-state index is 0.0436. The lowest BCUT2D eigenvalue weighted by Gasteiger charge is -2.12. The first-order chi connectivity index (χ1) is 12.8.